The van der Waals surface area contributed by atoms with Crippen LogP contribution in [-0.4, -0.2) is 94.5 Å². The topological polar surface area (TPSA) is 184 Å². The van der Waals surface area contributed by atoms with Gasteiger partial charge in [0.05, 0.1) is 6.61 Å². The maximum Gasteiger partial charge on any atom is 0.303 e. The fraction of sp³-hybridized carbons (Fsp3) is 0.767. The summed E-state index contributed by atoms with van der Waals surface area (Å²) in [4.78, 5) is 62.3. The second-order valence-corrected chi connectivity index (χ2v) is 13.0. The van der Waals surface area contributed by atoms with Crippen LogP contribution in [0.3, 0.4) is 0 Å². The molecule has 3 fully saturated rings. The summed E-state index contributed by atoms with van der Waals surface area (Å²) < 4.78 is 34.9. The molecule has 10 atom stereocenters. The van der Waals surface area contributed by atoms with Gasteiger partial charge >= 0.3 is 29.8 Å². The minimum Gasteiger partial charge on any atom is -0.462 e. The monoisotopic (exact) mass is 610 g/mol. The Morgan fingerprint density at radius 2 is 1.28 bits per heavy atom. The molecule has 10 unspecified atom stereocenters. The number of esters is 5. The van der Waals surface area contributed by atoms with Gasteiger partial charge in [-0.2, -0.15) is 0 Å². The van der Waals surface area contributed by atoms with E-state index >= 15 is 0 Å². The molecular weight excluding hydrogens is 568 g/mol. The zero-order chi connectivity index (χ0) is 32.4. The molecule has 3 aliphatic carbocycles. The van der Waals surface area contributed by atoms with Crippen molar-refractivity contribution < 1.29 is 62.6 Å². The highest BCUT2D eigenvalue weighted by Crippen LogP contribution is 2.66. The first kappa shape index (κ1) is 32.9. The lowest BCUT2D eigenvalue weighted by Gasteiger charge is -2.64. The molecule has 240 valence electrons. The molecule has 1 saturated heterocycles. The molecule has 0 radical (unpaired) electrons. The third-order valence-corrected chi connectivity index (χ3v) is 9.99. The van der Waals surface area contributed by atoms with Crippen LogP contribution in [0, 0.1) is 16.7 Å². The van der Waals surface area contributed by atoms with E-state index < -0.39 is 94.4 Å². The number of carbonyl (C=O) groups excluding carboxylic acids is 5. The lowest BCUT2D eigenvalue weighted by atomic mass is 9.45. The minimum absolute atomic E-state index is 0.00762. The van der Waals surface area contributed by atoms with Crippen LogP contribution in [0.25, 0.3) is 0 Å². The fourth-order valence-corrected chi connectivity index (χ4v) is 8.08. The molecule has 43 heavy (non-hydrogen) atoms. The average Bonchev–Trinajstić information content (AvgIpc) is 3.63. The summed E-state index contributed by atoms with van der Waals surface area (Å²) in [6.45, 7) is 12.5. The Labute approximate surface area is 250 Å². The molecule has 4 aliphatic rings. The van der Waals surface area contributed by atoms with E-state index in [0.29, 0.717) is 5.57 Å². The van der Waals surface area contributed by atoms with Crippen LogP contribution in [0.4, 0.5) is 0 Å². The summed E-state index contributed by atoms with van der Waals surface area (Å²) >= 11 is 0. The van der Waals surface area contributed by atoms with Crippen molar-refractivity contribution in [3.63, 3.8) is 0 Å². The van der Waals surface area contributed by atoms with Gasteiger partial charge < -0.3 is 38.6 Å². The van der Waals surface area contributed by atoms with E-state index in [2.05, 4.69) is 0 Å². The van der Waals surface area contributed by atoms with Gasteiger partial charge in [0.2, 0.25) is 0 Å². The van der Waals surface area contributed by atoms with Gasteiger partial charge in [-0.1, -0.05) is 20.8 Å². The number of aliphatic hydroxyl groups is 2. The number of carbonyl (C=O) groups is 5. The second kappa shape index (κ2) is 10.8. The minimum atomic E-state index is -2.05. The summed E-state index contributed by atoms with van der Waals surface area (Å²) in [6, 6.07) is 0. The van der Waals surface area contributed by atoms with Crippen molar-refractivity contribution in [2.45, 2.75) is 123 Å². The van der Waals surface area contributed by atoms with Gasteiger partial charge in [-0.15, -0.1) is 0 Å². The predicted octanol–water partition coefficient (Wildman–Crippen LogP) is 1.29. The van der Waals surface area contributed by atoms with Gasteiger partial charge in [0, 0.05) is 64.2 Å². The molecule has 0 amide bonds. The van der Waals surface area contributed by atoms with Crippen LogP contribution in [0.5, 0.6) is 0 Å². The van der Waals surface area contributed by atoms with E-state index in [4.69, 9.17) is 28.4 Å². The molecule has 4 rings (SSSR count). The third kappa shape index (κ3) is 5.12. The molecule has 1 aliphatic heterocycles. The van der Waals surface area contributed by atoms with Gasteiger partial charge in [-0.05, 0) is 18.1 Å². The van der Waals surface area contributed by atoms with Crippen molar-refractivity contribution in [3.05, 3.63) is 11.1 Å². The first-order valence-corrected chi connectivity index (χ1v) is 14.4. The molecule has 1 spiro atoms. The highest BCUT2D eigenvalue weighted by Gasteiger charge is 2.79. The standard InChI is InChI=1S/C30H42O13/c1-13-19(39-14(2)31)11-30(37)26(43-18(6)35)24-28(9,25(36)23(42-17(5)34)22(13)27(30,7)8)20(40-15(3)32)10-21(41-16(4)33)29(24)12-38-29/h19-21,23-26,36-37H,10-12H2,1-9H3. The molecule has 0 aromatic rings. The normalized spacial score (nSPS) is 41.1. The van der Waals surface area contributed by atoms with Crippen molar-refractivity contribution in [3.8, 4) is 0 Å². The van der Waals surface area contributed by atoms with Crippen molar-refractivity contribution in [1.29, 1.82) is 0 Å². The van der Waals surface area contributed by atoms with E-state index in [-0.39, 0.29) is 25.0 Å². The second-order valence-electron chi connectivity index (χ2n) is 13.0. The molecule has 1 heterocycles. The Kier molecular flexibility index (Phi) is 8.29. The Balaban J connectivity index is 2.12. The highest BCUT2D eigenvalue weighted by atomic mass is 16.6. The zero-order valence-electron chi connectivity index (χ0n) is 26.0. The molecule has 2 saturated carbocycles. The van der Waals surface area contributed by atoms with Gasteiger partial charge in [-0.25, -0.2) is 0 Å². The molecule has 0 aromatic heterocycles. The van der Waals surface area contributed by atoms with E-state index in [1.54, 1.807) is 27.7 Å². The molecular formula is C30H42O13. The quantitative estimate of drug-likeness (QED) is 0.197. The van der Waals surface area contributed by atoms with Crippen LogP contribution in [-0.2, 0) is 52.4 Å². The van der Waals surface area contributed by atoms with Crippen LogP contribution in [0.15, 0.2) is 11.1 Å². The summed E-state index contributed by atoms with van der Waals surface area (Å²) in [7, 11) is 0. The highest BCUT2D eigenvalue weighted by molar-refractivity contribution is 5.69. The van der Waals surface area contributed by atoms with Gasteiger partial charge in [0.1, 0.15) is 41.7 Å². The van der Waals surface area contributed by atoms with E-state index in [0.717, 1.165) is 6.92 Å². The number of epoxide rings is 1. The Hall–Kier alpha value is -3.03. The maximum absolute atomic E-state index is 12.9. The third-order valence-electron chi connectivity index (χ3n) is 9.99. The molecule has 0 aromatic carbocycles. The van der Waals surface area contributed by atoms with Gasteiger partial charge in [0.15, 0.2) is 6.10 Å². The van der Waals surface area contributed by atoms with Crippen molar-refractivity contribution in [2.75, 3.05) is 6.61 Å². The Morgan fingerprint density at radius 1 is 0.791 bits per heavy atom. The van der Waals surface area contributed by atoms with Gasteiger partial charge in [-0.3, -0.25) is 24.0 Å². The molecule has 13 heteroatoms. The van der Waals surface area contributed by atoms with Crippen LogP contribution >= 0.6 is 0 Å². The largest absolute Gasteiger partial charge is 0.462 e. The van der Waals surface area contributed by atoms with E-state index in [1.165, 1.54) is 27.7 Å². The SMILES string of the molecule is CC(=O)OC1CC2(O)C(OC(C)=O)C3C4(CO4)C(OC(C)=O)CC(OC(C)=O)C3(C)C(O)C(OC(C)=O)C(=C1C)C2(C)C. The maximum atomic E-state index is 12.9. The molecule has 2 bridgehead atoms. The summed E-state index contributed by atoms with van der Waals surface area (Å²) in [5.41, 5.74) is -5.73. The lowest BCUT2D eigenvalue weighted by Crippen LogP contribution is -2.76. The first-order valence-electron chi connectivity index (χ1n) is 14.4. The van der Waals surface area contributed by atoms with Crippen molar-refractivity contribution in [2.24, 2.45) is 16.7 Å². The number of hydrogen-bond acceptors (Lipinski definition) is 13. The van der Waals surface area contributed by atoms with Gasteiger partial charge in [0.25, 0.3) is 0 Å². The number of rotatable bonds is 5. The Morgan fingerprint density at radius 3 is 1.74 bits per heavy atom. The number of aliphatic hydroxyl groups excluding tert-OH is 1. The molecule has 13 nitrogen and oxygen atoms in total. The predicted molar refractivity (Wildman–Crippen MR) is 145 cm³/mol. The van der Waals surface area contributed by atoms with E-state index in [1.807, 2.05) is 0 Å². The summed E-state index contributed by atoms with van der Waals surface area (Å²) in [6.07, 6.45) is -8.16. The van der Waals surface area contributed by atoms with Crippen LogP contribution in [0.2, 0.25) is 0 Å². The number of hydrogen-bond donors (Lipinski definition) is 2. The summed E-state index contributed by atoms with van der Waals surface area (Å²) in [5, 5.41) is 25.4. The average molecular weight is 611 g/mol. The molecule has 2 N–H and O–H groups in total. The van der Waals surface area contributed by atoms with Crippen LogP contribution < -0.4 is 0 Å². The number of ether oxygens (including phenoxy) is 6. The first-order chi connectivity index (χ1) is 19.7. The smallest absolute Gasteiger partial charge is 0.303 e. The van der Waals surface area contributed by atoms with Crippen molar-refractivity contribution >= 4 is 29.8 Å². The zero-order valence-corrected chi connectivity index (χ0v) is 26.0. The van der Waals surface area contributed by atoms with Crippen molar-refractivity contribution in [1.82, 2.24) is 0 Å². The Bertz CT molecular complexity index is 1250. The van der Waals surface area contributed by atoms with Crippen LogP contribution in [0.1, 0.15) is 75.2 Å². The van der Waals surface area contributed by atoms with E-state index in [9.17, 15) is 34.2 Å². The lowest BCUT2D eigenvalue weighted by molar-refractivity contribution is -0.282. The fourth-order valence-electron chi connectivity index (χ4n) is 8.08. The number of fused-ring (bicyclic) bond motifs is 4. The summed E-state index contributed by atoms with van der Waals surface area (Å²) in [5.74, 6) is -4.70.